The second-order valence-electron chi connectivity index (χ2n) is 11.1. The van der Waals surface area contributed by atoms with E-state index in [-0.39, 0.29) is 12.2 Å². The summed E-state index contributed by atoms with van der Waals surface area (Å²) in [5.74, 6) is 1.53. The number of aliphatic hydroxyl groups excluding tert-OH is 1. The Labute approximate surface area is 257 Å². The first kappa shape index (κ1) is 34.3. The monoisotopic (exact) mass is 590 g/mol. The van der Waals surface area contributed by atoms with E-state index in [2.05, 4.69) is 70.9 Å². The minimum absolute atomic E-state index is 0.106. The molecule has 0 spiro atoms. The Hall–Kier alpha value is -3.23. The number of nitrogens with zero attached hydrogens (tertiary/aromatic N) is 1. The summed E-state index contributed by atoms with van der Waals surface area (Å²) < 4.78 is 11.0. The van der Waals surface area contributed by atoms with Crippen LogP contribution in [-0.4, -0.2) is 70.8 Å². The number of anilines is 1. The molecule has 3 N–H and O–H groups in total. The third kappa shape index (κ3) is 9.13. The standard InChI is InChI=1S/C30H35NO3.C4H9N.CH4O.CH2O/c1-33-30(34-2)23-16-18-31(19-17-23)25-11-8-22(9-12-25)29-27(21-6-4-3-5-7-21)14-10-24-20-26(32)13-15-28(24)29;1-2-4-5-3-1;2*1-2/h3-9,11-13,15,20,23,27,29-30,32H,10,14,16-19H2,1-2H3;5H,1-4H2;2H,1H3;1H2. The molecule has 7 heteroatoms. The summed E-state index contributed by atoms with van der Waals surface area (Å²) >= 11 is 0. The summed E-state index contributed by atoms with van der Waals surface area (Å²) in [6.45, 7) is 6.54. The van der Waals surface area contributed by atoms with Crippen molar-refractivity contribution in [1.29, 1.82) is 0 Å². The minimum Gasteiger partial charge on any atom is -0.508 e. The molecule has 2 heterocycles. The van der Waals surface area contributed by atoms with Gasteiger partial charge in [-0.1, -0.05) is 48.5 Å². The maximum Gasteiger partial charge on any atom is 0.159 e. The molecule has 6 rings (SSSR count). The molecule has 1 aliphatic carbocycles. The zero-order valence-corrected chi connectivity index (χ0v) is 26.1. The van der Waals surface area contributed by atoms with Gasteiger partial charge in [-0.2, -0.15) is 0 Å². The second kappa shape index (κ2) is 18.4. The van der Waals surface area contributed by atoms with E-state index in [9.17, 15) is 5.11 Å². The number of hydrogen-bond donors (Lipinski definition) is 3. The zero-order valence-electron chi connectivity index (χ0n) is 26.1. The van der Waals surface area contributed by atoms with Crippen molar-refractivity contribution in [3.63, 3.8) is 0 Å². The highest BCUT2D eigenvalue weighted by Crippen LogP contribution is 2.47. The molecule has 0 radical (unpaired) electrons. The molecular weight excluding hydrogens is 540 g/mol. The van der Waals surface area contributed by atoms with Gasteiger partial charge in [0.05, 0.1) is 0 Å². The number of hydrogen-bond acceptors (Lipinski definition) is 7. The average molecular weight is 591 g/mol. The first-order chi connectivity index (χ1) is 21.2. The number of benzene rings is 3. The molecule has 3 aliphatic rings. The van der Waals surface area contributed by atoms with Crippen LogP contribution in [0.5, 0.6) is 5.75 Å². The van der Waals surface area contributed by atoms with Gasteiger partial charge in [-0.25, -0.2) is 0 Å². The third-order valence-electron chi connectivity index (χ3n) is 8.78. The summed E-state index contributed by atoms with van der Waals surface area (Å²) in [4.78, 5) is 10.5. The van der Waals surface area contributed by atoms with Crippen molar-refractivity contribution in [2.45, 2.75) is 56.7 Å². The molecule has 2 aliphatic heterocycles. The molecule has 7 nitrogen and oxygen atoms in total. The lowest BCUT2D eigenvalue weighted by Gasteiger charge is -2.37. The van der Waals surface area contributed by atoms with Gasteiger partial charge in [0.25, 0.3) is 0 Å². The number of aryl methyl sites for hydroxylation is 1. The van der Waals surface area contributed by atoms with E-state index in [0.717, 1.165) is 45.9 Å². The highest BCUT2D eigenvalue weighted by Gasteiger charge is 2.32. The molecule has 0 saturated carbocycles. The van der Waals surface area contributed by atoms with Crippen LogP contribution in [0, 0.1) is 5.92 Å². The highest BCUT2D eigenvalue weighted by atomic mass is 16.7. The average Bonchev–Trinajstić information content (AvgIpc) is 3.68. The summed E-state index contributed by atoms with van der Waals surface area (Å²) in [7, 11) is 4.46. The van der Waals surface area contributed by atoms with Crippen LogP contribution in [0.15, 0.2) is 72.8 Å². The van der Waals surface area contributed by atoms with Gasteiger partial charge in [-0.3, -0.25) is 0 Å². The smallest absolute Gasteiger partial charge is 0.159 e. The first-order valence-corrected chi connectivity index (χ1v) is 15.4. The van der Waals surface area contributed by atoms with Crippen molar-refractivity contribution in [3.05, 3.63) is 95.1 Å². The van der Waals surface area contributed by atoms with Gasteiger partial charge < -0.3 is 34.7 Å². The van der Waals surface area contributed by atoms with E-state index < -0.39 is 0 Å². The molecule has 0 aromatic heterocycles. The van der Waals surface area contributed by atoms with Crippen molar-refractivity contribution < 1.29 is 24.5 Å². The van der Waals surface area contributed by atoms with Crippen LogP contribution in [0.25, 0.3) is 0 Å². The van der Waals surface area contributed by atoms with Gasteiger partial charge in [0, 0.05) is 51.9 Å². The fraction of sp³-hybridized carbons (Fsp3) is 0.472. The van der Waals surface area contributed by atoms with Crippen LogP contribution < -0.4 is 10.2 Å². The molecule has 0 amide bonds. The van der Waals surface area contributed by atoms with Gasteiger partial charge in [-0.15, -0.1) is 0 Å². The Bertz CT molecular complexity index is 1170. The Morgan fingerprint density at radius 2 is 1.47 bits per heavy atom. The van der Waals surface area contributed by atoms with E-state index in [4.69, 9.17) is 19.4 Å². The fourth-order valence-corrected chi connectivity index (χ4v) is 6.71. The van der Waals surface area contributed by atoms with Crippen molar-refractivity contribution in [2.75, 3.05) is 52.4 Å². The van der Waals surface area contributed by atoms with E-state index in [1.54, 1.807) is 14.2 Å². The lowest BCUT2D eigenvalue weighted by atomic mass is 9.69. The number of aliphatic hydroxyl groups is 1. The molecule has 2 fully saturated rings. The summed E-state index contributed by atoms with van der Waals surface area (Å²) in [5, 5.41) is 20.3. The number of nitrogens with one attached hydrogen (secondary N) is 1. The van der Waals surface area contributed by atoms with Crippen LogP contribution in [0.2, 0.25) is 0 Å². The van der Waals surface area contributed by atoms with Gasteiger partial charge in [-0.05, 0) is 104 Å². The number of phenolic OH excluding ortho intramolecular Hbond substituents is 1. The normalized spacial score (nSPS) is 19.6. The molecule has 2 atom stereocenters. The predicted molar refractivity (Wildman–Crippen MR) is 174 cm³/mol. The quantitative estimate of drug-likeness (QED) is 0.309. The van der Waals surface area contributed by atoms with Gasteiger partial charge in [0.2, 0.25) is 0 Å². The van der Waals surface area contributed by atoms with Crippen LogP contribution in [0.3, 0.4) is 0 Å². The Morgan fingerprint density at radius 1 is 0.837 bits per heavy atom. The molecule has 43 heavy (non-hydrogen) atoms. The number of ether oxygens (including phenoxy) is 2. The van der Waals surface area contributed by atoms with Gasteiger partial charge in [0.15, 0.2) is 6.29 Å². The number of fused-ring (bicyclic) bond motifs is 1. The molecule has 3 aromatic rings. The van der Waals surface area contributed by atoms with Crippen LogP contribution in [0.4, 0.5) is 5.69 Å². The van der Waals surface area contributed by atoms with Crippen molar-refractivity contribution in [1.82, 2.24) is 5.32 Å². The fourth-order valence-electron chi connectivity index (χ4n) is 6.71. The largest absolute Gasteiger partial charge is 0.508 e. The van der Waals surface area contributed by atoms with Crippen LogP contribution in [0.1, 0.15) is 66.2 Å². The van der Waals surface area contributed by atoms with Gasteiger partial charge >= 0.3 is 0 Å². The first-order valence-electron chi connectivity index (χ1n) is 15.4. The number of methoxy groups -OCH3 is 2. The number of piperidine rings is 1. The van der Waals surface area contributed by atoms with Crippen molar-refractivity contribution in [2.24, 2.45) is 5.92 Å². The number of phenols is 1. The lowest BCUT2D eigenvalue weighted by Crippen LogP contribution is -2.39. The van der Waals surface area contributed by atoms with E-state index >= 15 is 0 Å². The van der Waals surface area contributed by atoms with Crippen molar-refractivity contribution >= 4 is 12.5 Å². The Balaban J connectivity index is 0.000000495. The summed E-state index contributed by atoms with van der Waals surface area (Å²) in [6, 6.07) is 26.0. The minimum atomic E-state index is -0.106. The molecule has 2 unspecified atom stereocenters. The van der Waals surface area contributed by atoms with Crippen LogP contribution in [-0.2, 0) is 20.7 Å². The van der Waals surface area contributed by atoms with E-state index in [1.807, 2.05) is 18.9 Å². The molecule has 3 aromatic carbocycles. The van der Waals surface area contributed by atoms with Gasteiger partial charge in [0.1, 0.15) is 12.5 Å². The Morgan fingerprint density at radius 3 is 2.02 bits per heavy atom. The van der Waals surface area contributed by atoms with E-state index in [1.165, 1.54) is 53.9 Å². The highest BCUT2D eigenvalue weighted by molar-refractivity contribution is 5.52. The molecule has 234 valence electrons. The lowest BCUT2D eigenvalue weighted by molar-refractivity contribution is -0.141. The molecule has 0 bridgehead atoms. The number of carbonyl (C=O) groups is 1. The van der Waals surface area contributed by atoms with E-state index in [0.29, 0.717) is 17.6 Å². The zero-order chi connectivity index (χ0) is 31.0. The third-order valence-corrected chi connectivity index (χ3v) is 8.78. The predicted octanol–water partition coefficient (Wildman–Crippen LogP) is 5.88. The maximum absolute atomic E-state index is 10.1. The second-order valence-corrected chi connectivity index (χ2v) is 11.1. The summed E-state index contributed by atoms with van der Waals surface area (Å²) in [5.41, 5.74) is 6.64. The SMILES string of the molecule is C1CCNC1.C=O.CO.COC(OC)C1CCN(c2ccc(C3c4ccc(O)cc4CCC3c3ccccc3)cc2)CC1. The Kier molecular flexibility index (Phi) is 14.7. The topological polar surface area (TPSA) is 91.3 Å². The summed E-state index contributed by atoms with van der Waals surface area (Å²) in [6.07, 6.45) is 6.90. The number of aromatic hydroxyl groups is 1. The number of carbonyl (C=O) groups excluding carboxylic acids is 1. The van der Waals surface area contributed by atoms with Crippen LogP contribution >= 0.6 is 0 Å². The van der Waals surface area contributed by atoms with Crippen molar-refractivity contribution in [3.8, 4) is 5.75 Å². The molecular formula is C36H50N2O5. The molecule has 2 saturated heterocycles. The number of rotatable bonds is 6. The maximum atomic E-state index is 10.1.